The van der Waals surface area contributed by atoms with Crippen molar-refractivity contribution in [2.75, 3.05) is 11.1 Å². The van der Waals surface area contributed by atoms with E-state index in [1.807, 2.05) is 32.0 Å². The molecular weight excluding hydrogens is 238 g/mol. The fraction of sp³-hybridized carbons (Fsp3) is 0.214. The minimum atomic E-state index is 0.417. The number of nitriles is 1. The predicted molar refractivity (Wildman–Crippen MR) is 75.0 cm³/mol. The third kappa shape index (κ3) is 2.80. The molecule has 0 spiro atoms. The van der Waals surface area contributed by atoms with Gasteiger partial charge >= 0.3 is 0 Å². The van der Waals surface area contributed by atoms with Crippen LogP contribution in [0.3, 0.4) is 0 Å². The van der Waals surface area contributed by atoms with E-state index in [0.29, 0.717) is 29.4 Å². The molecule has 2 rings (SSSR count). The Hall–Kier alpha value is -2.61. The highest BCUT2D eigenvalue weighted by Crippen LogP contribution is 2.22. The van der Waals surface area contributed by atoms with Gasteiger partial charge in [0.2, 0.25) is 0 Å². The molecule has 1 aromatic heterocycles. The molecular formula is C14H15N5. The van der Waals surface area contributed by atoms with Crippen LogP contribution in [-0.4, -0.2) is 9.97 Å². The van der Waals surface area contributed by atoms with E-state index in [1.54, 1.807) is 6.07 Å². The Morgan fingerprint density at radius 3 is 2.84 bits per heavy atom. The average Bonchev–Trinajstić information content (AvgIpc) is 2.38. The van der Waals surface area contributed by atoms with Crippen molar-refractivity contribution in [2.24, 2.45) is 0 Å². The Labute approximate surface area is 112 Å². The first-order valence-corrected chi connectivity index (χ1v) is 6.04. The summed E-state index contributed by atoms with van der Waals surface area (Å²) in [6.45, 7) is 3.86. The van der Waals surface area contributed by atoms with E-state index >= 15 is 0 Å². The molecule has 0 aliphatic heterocycles. The summed E-state index contributed by atoms with van der Waals surface area (Å²) in [5, 5.41) is 12.3. The molecule has 5 nitrogen and oxygen atoms in total. The largest absolute Gasteiger partial charge is 0.384 e. The zero-order valence-corrected chi connectivity index (χ0v) is 10.9. The van der Waals surface area contributed by atoms with Crippen LogP contribution < -0.4 is 11.1 Å². The topological polar surface area (TPSA) is 87.6 Å². The fourth-order valence-electron chi connectivity index (χ4n) is 1.80. The summed E-state index contributed by atoms with van der Waals surface area (Å²) >= 11 is 0. The summed E-state index contributed by atoms with van der Waals surface area (Å²) in [5.41, 5.74) is 7.99. The number of nitrogens with two attached hydrogens (primary N) is 1. The van der Waals surface area contributed by atoms with Gasteiger partial charge in [0.15, 0.2) is 0 Å². The van der Waals surface area contributed by atoms with Crippen molar-refractivity contribution in [2.45, 2.75) is 20.3 Å². The summed E-state index contributed by atoms with van der Waals surface area (Å²) in [6.07, 6.45) is 0.707. The quantitative estimate of drug-likeness (QED) is 0.877. The lowest BCUT2D eigenvalue weighted by Crippen LogP contribution is -2.04. The van der Waals surface area contributed by atoms with Crippen molar-refractivity contribution in [1.82, 2.24) is 9.97 Å². The van der Waals surface area contributed by atoms with Crippen LogP contribution in [0.25, 0.3) is 0 Å². The molecule has 0 aliphatic carbocycles. The smallest absolute Gasteiger partial charge is 0.136 e. The van der Waals surface area contributed by atoms with Crippen molar-refractivity contribution in [3.8, 4) is 6.07 Å². The molecule has 3 N–H and O–H groups in total. The highest BCUT2D eigenvalue weighted by atomic mass is 15.1. The molecule has 0 amide bonds. The fourth-order valence-corrected chi connectivity index (χ4v) is 1.80. The molecule has 0 saturated heterocycles. The average molecular weight is 253 g/mol. The van der Waals surface area contributed by atoms with Gasteiger partial charge < -0.3 is 11.1 Å². The van der Waals surface area contributed by atoms with Gasteiger partial charge in [0.05, 0.1) is 11.3 Å². The van der Waals surface area contributed by atoms with E-state index in [2.05, 4.69) is 21.4 Å². The molecule has 0 bridgehead atoms. The molecule has 96 valence electrons. The molecule has 0 aliphatic rings. The van der Waals surface area contributed by atoms with E-state index in [9.17, 15) is 5.26 Å². The predicted octanol–water partition coefficient (Wildman–Crippen LogP) is 2.54. The number of benzene rings is 1. The second-order valence-corrected chi connectivity index (χ2v) is 4.18. The molecule has 0 saturated carbocycles. The number of nitrogen functional groups attached to an aromatic ring is 1. The Morgan fingerprint density at radius 1 is 1.37 bits per heavy atom. The van der Waals surface area contributed by atoms with Crippen LogP contribution >= 0.6 is 0 Å². The van der Waals surface area contributed by atoms with Crippen molar-refractivity contribution in [3.05, 3.63) is 41.2 Å². The Bertz CT molecular complexity index is 643. The first-order valence-electron chi connectivity index (χ1n) is 6.04. The van der Waals surface area contributed by atoms with E-state index < -0.39 is 0 Å². The first kappa shape index (κ1) is 12.8. The summed E-state index contributed by atoms with van der Waals surface area (Å²) in [7, 11) is 0. The van der Waals surface area contributed by atoms with Gasteiger partial charge in [-0.2, -0.15) is 5.26 Å². The second kappa shape index (κ2) is 5.36. The van der Waals surface area contributed by atoms with Gasteiger partial charge in [-0.05, 0) is 18.6 Å². The minimum Gasteiger partial charge on any atom is -0.384 e. The number of anilines is 3. The van der Waals surface area contributed by atoms with Crippen molar-refractivity contribution in [1.29, 1.82) is 5.26 Å². The zero-order chi connectivity index (χ0) is 13.8. The van der Waals surface area contributed by atoms with Gasteiger partial charge in [-0.25, -0.2) is 9.97 Å². The van der Waals surface area contributed by atoms with Gasteiger partial charge in [-0.15, -0.1) is 0 Å². The van der Waals surface area contributed by atoms with Gasteiger partial charge in [-0.1, -0.05) is 19.1 Å². The van der Waals surface area contributed by atoms with Crippen molar-refractivity contribution < 1.29 is 0 Å². The van der Waals surface area contributed by atoms with E-state index in [-0.39, 0.29) is 0 Å². The number of nitrogens with zero attached hydrogens (tertiary/aromatic N) is 3. The third-order valence-corrected chi connectivity index (χ3v) is 2.76. The molecule has 1 heterocycles. The number of hydrogen-bond donors (Lipinski definition) is 2. The van der Waals surface area contributed by atoms with Crippen LogP contribution in [0.5, 0.6) is 0 Å². The summed E-state index contributed by atoms with van der Waals surface area (Å²) in [4.78, 5) is 8.46. The molecule has 2 aromatic rings. The monoisotopic (exact) mass is 253 g/mol. The van der Waals surface area contributed by atoms with Crippen LogP contribution in [0.15, 0.2) is 24.3 Å². The van der Waals surface area contributed by atoms with E-state index in [0.717, 1.165) is 11.3 Å². The van der Waals surface area contributed by atoms with Gasteiger partial charge in [-0.3, -0.25) is 0 Å². The lowest BCUT2D eigenvalue weighted by molar-refractivity contribution is 0.948. The maximum Gasteiger partial charge on any atom is 0.136 e. The van der Waals surface area contributed by atoms with Gasteiger partial charge in [0.25, 0.3) is 0 Å². The molecule has 1 aromatic carbocycles. The lowest BCUT2D eigenvalue weighted by Gasteiger charge is -2.10. The maximum atomic E-state index is 9.19. The van der Waals surface area contributed by atoms with Crippen molar-refractivity contribution in [3.63, 3.8) is 0 Å². The molecule has 0 unspecified atom stereocenters. The molecule has 0 radical (unpaired) electrons. The molecule has 0 fully saturated rings. The highest BCUT2D eigenvalue weighted by molar-refractivity contribution is 5.67. The number of rotatable bonds is 3. The Morgan fingerprint density at radius 2 is 2.16 bits per heavy atom. The van der Waals surface area contributed by atoms with Crippen LogP contribution in [0.1, 0.15) is 23.9 Å². The maximum absolute atomic E-state index is 9.19. The second-order valence-electron chi connectivity index (χ2n) is 4.18. The zero-order valence-electron chi connectivity index (χ0n) is 10.9. The minimum absolute atomic E-state index is 0.417. The molecule has 5 heteroatoms. The number of nitrogens with one attached hydrogen (secondary N) is 1. The third-order valence-electron chi connectivity index (χ3n) is 2.76. The van der Waals surface area contributed by atoms with E-state index in [4.69, 9.17) is 5.73 Å². The lowest BCUT2D eigenvalue weighted by atomic mass is 10.1. The molecule has 19 heavy (non-hydrogen) atoms. The SMILES string of the molecule is CCc1nc(N)cc(Nc2cccc(C)c2C#N)n1. The van der Waals surface area contributed by atoms with Crippen LogP contribution in [0.4, 0.5) is 17.3 Å². The number of aryl methyl sites for hydroxylation is 2. The highest BCUT2D eigenvalue weighted by Gasteiger charge is 2.07. The summed E-state index contributed by atoms with van der Waals surface area (Å²) in [5.74, 6) is 1.70. The van der Waals surface area contributed by atoms with Crippen LogP contribution in [-0.2, 0) is 6.42 Å². The van der Waals surface area contributed by atoms with E-state index in [1.165, 1.54) is 0 Å². The van der Waals surface area contributed by atoms with Gasteiger partial charge in [0.1, 0.15) is 23.5 Å². The Kier molecular flexibility index (Phi) is 3.62. The first-order chi connectivity index (χ1) is 9.13. The standard InChI is InChI=1S/C14H15N5/c1-3-13-18-12(16)7-14(19-13)17-11-6-4-5-9(2)10(11)8-15/h4-7H,3H2,1-2H3,(H3,16,17,18,19). The summed E-state index contributed by atoms with van der Waals surface area (Å²) in [6, 6.07) is 9.48. The van der Waals surface area contributed by atoms with Gasteiger partial charge in [0, 0.05) is 12.5 Å². The van der Waals surface area contributed by atoms with Crippen molar-refractivity contribution >= 4 is 17.3 Å². The number of aromatic nitrogens is 2. The normalized spacial score (nSPS) is 9.95. The van der Waals surface area contributed by atoms with Crippen LogP contribution in [0.2, 0.25) is 0 Å². The summed E-state index contributed by atoms with van der Waals surface area (Å²) < 4.78 is 0. The number of hydrogen-bond acceptors (Lipinski definition) is 5. The van der Waals surface area contributed by atoms with Crippen LogP contribution in [0, 0.1) is 18.3 Å². The molecule has 0 atom stereocenters. The Balaban J connectivity index is 2.39.